The quantitative estimate of drug-likeness (QED) is 0.836. The molecule has 1 fully saturated rings. The molecule has 0 bridgehead atoms. The lowest BCUT2D eigenvalue weighted by Crippen LogP contribution is -2.19. The number of aromatic nitrogens is 1. The number of thioether (sulfide) groups is 1. The van der Waals surface area contributed by atoms with Gasteiger partial charge in [0, 0.05) is 6.20 Å². The fourth-order valence-corrected chi connectivity index (χ4v) is 2.78. The molecule has 5 nitrogen and oxygen atoms in total. The highest BCUT2D eigenvalue weighted by atomic mass is 32.2. The lowest BCUT2D eigenvalue weighted by Gasteiger charge is -2.03. The van der Waals surface area contributed by atoms with Crippen LogP contribution in [-0.4, -0.2) is 21.2 Å². The van der Waals surface area contributed by atoms with Crippen molar-refractivity contribution in [2.45, 2.75) is 6.92 Å². The number of nitrogens with one attached hydrogen (secondary N) is 1. The highest BCUT2D eigenvalue weighted by Gasteiger charge is 2.24. The zero-order valence-electron chi connectivity index (χ0n) is 11.8. The van der Waals surface area contributed by atoms with E-state index in [4.69, 9.17) is 0 Å². The van der Waals surface area contributed by atoms with Crippen LogP contribution in [-0.2, 0) is 4.79 Å². The van der Waals surface area contributed by atoms with Crippen LogP contribution in [0.4, 0.5) is 5.69 Å². The van der Waals surface area contributed by atoms with Crippen molar-refractivity contribution in [1.82, 2.24) is 10.3 Å². The molecular weight excluding hydrogens is 298 g/mol. The summed E-state index contributed by atoms with van der Waals surface area (Å²) < 4.78 is 0. The first-order valence-electron chi connectivity index (χ1n) is 6.63. The molecule has 0 radical (unpaired) electrons. The Bertz CT molecular complexity index is 765. The van der Waals surface area contributed by atoms with Gasteiger partial charge in [0.25, 0.3) is 5.91 Å². The van der Waals surface area contributed by atoms with E-state index < -0.39 is 0 Å². The van der Waals surface area contributed by atoms with E-state index in [0.717, 1.165) is 5.56 Å². The highest BCUT2D eigenvalue weighted by Crippen LogP contribution is 2.33. The Balaban J connectivity index is 1.89. The largest absolute Gasteiger partial charge is 0.506 e. The number of nitrogens with zero attached hydrogens (tertiary/aromatic N) is 2. The number of phenols is 1. The Morgan fingerprint density at radius 1 is 1.27 bits per heavy atom. The molecular formula is C16H13N3O2S. The van der Waals surface area contributed by atoms with E-state index in [1.807, 2.05) is 31.2 Å². The summed E-state index contributed by atoms with van der Waals surface area (Å²) in [7, 11) is 0. The van der Waals surface area contributed by atoms with Gasteiger partial charge in [-0.05, 0) is 48.5 Å². The number of hydrogen-bond acceptors (Lipinski definition) is 5. The molecule has 22 heavy (non-hydrogen) atoms. The number of hydrogen-bond donors (Lipinski definition) is 2. The van der Waals surface area contributed by atoms with Gasteiger partial charge in [-0.1, -0.05) is 18.2 Å². The van der Waals surface area contributed by atoms with Crippen LogP contribution in [0.2, 0.25) is 0 Å². The number of rotatable bonds is 2. The molecule has 1 saturated heterocycles. The summed E-state index contributed by atoms with van der Waals surface area (Å²) in [5, 5.41) is 13.0. The summed E-state index contributed by atoms with van der Waals surface area (Å²) in [6.45, 7) is 1.85. The van der Waals surface area contributed by atoms with Crippen LogP contribution in [0.15, 0.2) is 52.5 Å². The lowest BCUT2D eigenvalue weighted by atomic mass is 10.2. The second kappa shape index (κ2) is 6.03. The van der Waals surface area contributed by atoms with E-state index in [9.17, 15) is 9.90 Å². The van der Waals surface area contributed by atoms with Gasteiger partial charge in [0.1, 0.15) is 11.4 Å². The molecule has 2 N–H and O–H groups in total. The number of amidine groups is 1. The number of phenolic OH excluding ortho intramolecular Hbond substituents is 1. The summed E-state index contributed by atoms with van der Waals surface area (Å²) in [5.41, 5.74) is 2.01. The molecule has 1 aliphatic heterocycles. The second-order valence-electron chi connectivity index (χ2n) is 4.68. The number of aromatic hydroxyl groups is 1. The molecule has 110 valence electrons. The minimum absolute atomic E-state index is 0.0875. The van der Waals surface area contributed by atoms with Crippen LogP contribution in [0.25, 0.3) is 6.08 Å². The summed E-state index contributed by atoms with van der Waals surface area (Å²) in [6, 6.07) is 10.7. The lowest BCUT2D eigenvalue weighted by molar-refractivity contribution is -0.115. The molecule has 2 aromatic rings. The third-order valence-electron chi connectivity index (χ3n) is 3.05. The number of carbonyl (C=O) groups is 1. The number of carbonyl (C=O) groups excluding carboxylic acids is 1. The number of aryl methyl sites for hydroxylation is 1. The maximum absolute atomic E-state index is 12.0. The van der Waals surface area contributed by atoms with E-state index in [1.54, 1.807) is 24.4 Å². The van der Waals surface area contributed by atoms with Crippen LogP contribution in [0.5, 0.6) is 5.75 Å². The summed E-state index contributed by atoms with van der Waals surface area (Å²) in [4.78, 5) is 21.0. The van der Waals surface area contributed by atoms with Gasteiger partial charge in [0.15, 0.2) is 5.17 Å². The number of benzene rings is 1. The fourth-order valence-electron chi connectivity index (χ4n) is 1.97. The van der Waals surface area contributed by atoms with E-state index >= 15 is 0 Å². The van der Waals surface area contributed by atoms with Crippen LogP contribution >= 0.6 is 11.8 Å². The molecule has 0 atom stereocenters. The molecule has 3 rings (SSSR count). The fraction of sp³-hybridized carbons (Fsp3) is 0.0625. The second-order valence-corrected chi connectivity index (χ2v) is 5.71. The Morgan fingerprint density at radius 3 is 2.86 bits per heavy atom. The molecule has 1 amide bonds. The summed E-state index contributed by atoms with van der Waals surface area (Å²) >= 11 is 1.23. The van der Waals surface area contributed by atoms with E-state index in [0.29, 0.717) is 21.5 Å². The molecule has 2 heterocycles. The van der Waals surface area contributed by atoms with Crippen molar-refractivity contribution in [3.63, 3.8) is 0 Å². The smallest absolute Gasteiger partial charge is 0.264 e. The average Bonchev–Trinajstić information content (AvgIpc) is 2.84. The first-order chi connectivity index (χ1) is 10.6. The van der Waals surface area contributed by atoms with Crippen molar-refractivity contribution in [3.05, 3.63) is 58.8 Å². The van der Waals surface area contributed by atoms with Gasteiger partial charge in [0.2, 0.25) is 0 Å². The molecule has 6 heteroatoms. The summed E-state index contributed by atoms with van der Waals surface area (Å²) in [5.74, 6) is -0.132. The van der Waals surface area contributed by atoms with Crippen LogP contribution in [0.3, 0.4) is 0 Å². The zero-order valence-corrected chi connectivity index (χ0v) is 12.6. The monoisotopic (exact) mass is 311 g/mol. The normalized spacial score (nSPS) is 18.0. The van der Waals surface area contributed by atoms with Gasteiger partial charge in [-0.15, -0.1) is 0 Å². The van der Waals surface area contributed by atoms with Gasteiger partial charge < -0.3 is 10.4 Å². The predicted octanol–water partition coefficient (Wildman–Crippen LogP) is 2.99. The van der Waals surface area contributed by atoms with E-state index in [1.165, 1.54) is 11.8 Å². The van der Waals surface area contributed by atoms with Crippen molar-refractivity contribution in [3.8, 4) is 5.75 Å². The van der Waals surface area contributed by atoms with Gasteiger partial charge >= 0.3 is 0 Å². The van der Waals surface area contributed by atoms with E-state index in [-0.39, 0.29) is 11.7 Å². The standard InChI is InChI=1S/C16H13N3O2S/c1-10-5-4-7-12(20)14(10)18-16-19-15(21)13(22-16)9-11-6-2-3-8-17-11/h2-9,20H,1H3,(H,18,19,21)/b13-9-. The van der Waals surface area contributed by atoms with Crippen LogP contribution in [0, 0.1) is 6.92 Å². The molecule has 0 spiro atoms. The molecule has 0 saturated carbocycles. The molecule has 1 aromatic carbocycles. The number of aliphatic imine (C=N–C) groups is 1. The van der Waals surface area contributed by atoms with Crippen molar-refractivity contribution < 1.29 is 9.90 Å². The first-order valence-corrected chi connectivity index (χ1v) is 7.44. The maximum Gasteiger partial charge on any atom is 0.264 e. The topological polar surface area (TPSA) is 74.6 Å². The van der Waals surface area contributed by atoms with Crippen molar-refractivity contribution >= 4 is 34.6 Å². The van der Waals surface area contributed by atoms with Crippen molar-refractivity contribution in [2.24, 2.45) is 4.99 Å². The van der Waals surface area contributed by atoms with Gasteiger partial charge in [-0.2, -0.15) is 0 Å². The average molecular weight is 311 g/mol. The minimum atomic E-state index is -0.220. The number of para-hydroxylation sites is 1. The number of amides is 1. The van der Waals surface area contributed by atoms with Crippen LogP contribution in [0.1, 0.15) is 11.3 Å². The molecule has 1 aromatic heterocycles. The Hall–Kier alpha value is -2.60. The number of pyridine rings is 1. The third kappa shape index (κ3) is 3.01. The van der Waals surface area contributed by atoms with E-state index in [2.05, 4.69) is 15.3 Å². The zero-order chi connectivity index (χ0) is 15.5. The third-order valence-corrected chi connectivity index (χ3v) is 3.96. The molecule has 0 aliphatic carbocycles. The Morgan fingerprint density at radius 2 is 2.14 bits per heavy atom. The SMILES string of the molecule is Cc1cccc(O)c1N=C1NC(=O)/C(=C/c2ccccn2)S1. The summed E-state index contributed by atoms with van der Waals surface area (Å²) in [6.07, 6.45) is 3.38. The van der Waals surface area contributed by atoms with Crippen molar-refractivity contribution in [1.29, 1.82) is 0 Å². The Kier molecular flexibility index (Phi) is 3.93. The predicted molar refractivity (Wildman–Crippen MR) is 87.9 cm³/mol. The molecule has 0 unspecified atom stereocenters. The van der Waals surface area contributed by atoms with Crippen LogP contribution < -0.4 is 5.32 Å². The minimum Gasteiger partial charge on any atom is -0.506 e. The first kappa shape index (κ1) is 14.3. The van der Waals surface area contributed by atoms with Crippen molar-refractivity contribution in [2.75, 3.05) is 0 Å². The van der Waals surface area contributed by atoms with Gasteiger partial charge in [-0.25, -0.2) is 4.99 Å². The van der Waals surface area contributed by atoms with Gasteiger partial charge in [0.05, 0.1) is 10.6 Å². The molecule has 1 aliphatic rings. The Labute approximate surface area is 131 Å². The maximum atomic E-state index is 12.0. The van der Waals surface area contributed by atoms with Gasteiger partial charge in [-0.3, -0.25) is 9.78 Å². The highest BCUT2D eigenvalue weighted by molar-refractivity contribution is 8.18.